The van der Waals surface area contributed by atoms with Crippen molar-refractivity contribution in [3.63, 3.8) is 0 Å². The van der Waals surface area contributed by atoms with Crippen molar-refractivity contribution in [3.05, 3.63) is 17.7 Å². The van der Waals surface area contributed by atoms with Gasteiger partial charge < -0.3 is 19.9 Å². The molecular weight excluding hydrogens is 218 g/mol. The van der Waals surface area contributed by atoms with Crippen molar-refractivity contribution in [1.82, 2.24) is 5.32 Å². The van der Waals surface area contributed by atoms with Crippen LogP contribution < -0.4 is 14.8 Å². The van der Waals surface area contributed by atoms with Crippen LogP contribution in [0.15, 0.2) is 12.1 Å². The summed E-state index contributed by atoms with van der Waals surface area (Å²) in [4.78, 5) is 0. The van der Waals surface area contributed by atoms with Gasteiger partial charge in [-0.1, -0.05) is 19.8 Å². The van der Waals surface area contributed by atoms with Crippen LogP contribution in [0.3, 0.4) is 0 Å². The lowest BCUT2D eigenvalue weighted by molar-refractivity contribution is 0.174. The fraction of sp³-hybridized carbons (Fsp3) is 0.538. The quantitative estimate of drug-likeness (QED) is 0.746. The van der Waals surface area contributed by atoms with Crippen LogP contribution in [0.25, 0.3) is 0 Å². The molecule has 94 valence electrons. The monoisotopic (exact) mass is 237 g/mol. The number of nitrogens with one attached hydrogen (secondary N) is 1. The largest absolute Gasteiger partial charge is 0.507 e. The first kappa shape index (κ1) is 12.0. The van der Waals surface area contributed by atoms with Crippen molar-refractivity contribution in [1.29, 1.82) is 0 Å². The van der Waals surface area contributed by atoms with E-state index >= 15 is 0 Å². The molecule has 1 aromatic carbocycles. The minimum absolute atomic E-state index is 0.238. The Hall–Kier alpha value is -1.42. The summed E-state index contributed by atoms with van der Waals surface area (Å²) in [6, 6.07) is 3.45. The van der Waals surface area contributed by atoms with Gasteiger partial charge in [0.05, 0.1) is 0 Å². The van der Waals surface area contributed by atoms with Crippen LogP contribution in [0, 0.1) is 0 Å². The molecule has 0 radical (unpaired) electrons. The molecule has 4 nitrogen and oxygen atoms in total. The third-order valence-electron chi connectivity index (χ3n) is 2.85. The van der Waals surface area contributed by atoms with Gasteiger partial charge in [-0.2, -0.15) is 0 Å². The van der Waals surface area contributed by atoms with Crippen LogP contribution >= 0.6 is 0 Å². The van der Waals surface area contributed by atoms with Crippen LogP contribution in [-0.2, 0) is 6.54 Å². The number of aromatic hydroxyl groups is 1. The summed E-state index contributed by atoms with van der Waals surface area (Å²) >= 11 is 0. The lowest BCUT2D eigenvalue weighted by Gasteiger charge is -2.07. The van der Waals surface area contributed by atoms with E-state index in [0.29, 0.717) is 18.0 Å². The zero-order valence-electron chi connectivity index (χ0n) is 10.2. The highest BCUT2D eigenvalue weighted by Gasteiger charge is 2.16. The van der Waals surface area contributed by atoms with Gasteiger partial charge in [0.25, 0.3) is 0 Å². The Labute approximate surface area is 102 Å². The number of fused-ring (bicyclic) bond motifs is 1. The summed E-state index contributed by atoms with van der Waals surface area (Å²) in [5, 5.41) is 13.1. The fourth-order valence-electron chi connectivity index (χ4n) is 1.84. The molecule has 0 bridgehead atoms. The first-order valence-corrected chi connectivity index (χ1v) is 6.13. The van der Waals surface area contributed by atoms with Crippen molar-refractivity contribution in [2.24, 2.45) is 0 Å². The predicted molar refractivity (Wildman–Crippen MR) is 65.5 cm³/mol. The molecule has 0 spiro atoms. The van der Waals surface area contributed by atoms with E-state index in [1.165, 1.54) is 19.3 Å². The second-order valence-corrected chi connectivity index (χ2v) is 4.22. The summed E-state index contributed by atoms with van der Waals surface area (Å²) in [5.41, 5.74) is 0.853. The number of hydrogen-bond donors (Lipinski definition) is 2. The number of ether oxygens (including phenoxy) is 2. The van der Waals surface area contributed by atoms with Crippen molar-refractivity contribution in [2.75, 3.05) is 13.3 Å². The van der Waals surface area contributed by atoms with Gasteiger partial charge in [0.2, 0.25) is 6.79 Å². The number of phenolic OH excluding ortho intramolecular Hbond substituents is 1. The van der Waals surface area contributed by atoms with Gasteiger partial charge in [-0.3, -0.25) is 0 Å². The van der Waals surface area contributed by atoms with Crippen LogP contribution in [-0.4, -0.2) is 18.4 Å². The Kier molecular flexibility index (Phi) is 4.09. The topological polar surface area (TPSA) is 50.7 Å². The fourth-order valence-corrected chi connectivity index (χ4v) is 1.84. The molecule has 2 N–H and O–H groups in total. The van der Waals surface area contributed by atoms with Crippen LogP contribution in [0.2, 0.25) is 0 Å². The first-order valence-electron chi connectivity index (χ1n) is 6.13. The van der Waals surface area contributed by atoms with E-state index in [1.807, 2.05) is 6.07 Å². The van der Waals surface area contributed by atoms with Crippen molar-refractivity contribution >= 4 is 0 Å². The Balaban J connectivity index is 1.88. The molecule has 1 aliphatic rings. The van der Waals surface area contributed by atoms with Gasteiger partial charge >= 0.3 is 0 Å². The molecule has 0 amide bonds. The highest BCUT2D eigenvalue weighted by atomic mass is 16.7. The number of unbranched alkanes of at least 4 members (excludes halogenated alkanes) is 2. The predicted octanol–water partition coefficient (Wildman–Crippen LogP) is 2.40. The molecule has 0 fully saturated rings. The zero-order valence-corrected chi connectivity index (χ0v) is 10.2. The van der Waals surface area contributed by atoms with E-state index in [-0.39, 0.29) is 12.5 Å². The van der Waals surface area contributed by atoms with Crippen molar-refractivity contribution in [3.8, 4) is 17.2 Å². The SMILES string of the molecule is CCCCCNCc1cc2c(cc1O)OCO2. The second kappa shape index (κ2) is 5.77. The van der Waals surface area contributed by atoms with E-state index in [0.717, 1.165) is 12.1 Å². The average Bonchev–Trinajstić information content (AvgIpc) is 2.76. The van der Waals surface area contributed by atoms with E-state index in [1.54, 1.807) is 6.07 Å². The molecule has 1 aromatic rings. The summed E-state index contributed by atoms with van der Waals surface area (Å²) in [6.45, 7) is 4.06. The van der Waals surface area contributed by atoms with Gasteiger partial charge in [-0.25, -0.2) is 0 Å². The summed E-state index contributed by atoms with van der Waals surface area (Å²) in [7, 11) is 0. The Morgan fingerprint density at radius 3 is 2.76 bits per heavy atom. The van der Waals surface area contributed by atoms with Gasteiger partial charge in [0.1, 0.15) is 5.75 Å². The molecule has 1 aliphatic heterocycles. The molecule has 1 heterocycles. The molecule has 0 saturated heterocycles. The lowest BCUT2D eigenvalue weighted by atomic mass is 10.1. The second-order valence-electron chi connectivity index (χ2n) is 4.22. The molecular formula is C13H19NO3. The molecule has 0 unspecified atom stereocenters. The van der Waals surface area contributed by atoms with Gasteiger partial charge in [0, 0.05) is 18.2 Å². The highest BCUT2D eigenvalue weighted by molar-refractivity contribution is 5.51. The molecule has 2 rings (SSSR count). The number of phenols is 1. The molecule has 0 aromatic heterocycles. The van der Waals surface area contributed by atoms with E-state index in [4.69, 9.17) is 9.47 Å². The molecule has 4 heteroatoms. The van der Waals surface area contributed by atoms with Crippen LogP contribution in [0.4, 0.5) is 0 Å². The summed E-state index contributed by atoms with van der Waals surface area (Å²) in [5.74, 6) is 1.60. The van der Waals surface area contributed by atoms with Gasteiger partial charge in [-0.05, 0) is 19.0 Å². The Morgan fingerprint density at radius 2 is 2.00 bits per heavy atom. The van der Waals surface area contributed by atoms with Gasteiger partial charge in [-0.15, -0.1) is 0 Å². The van der Waals surface area contributed by atoms with E-state index in [9.17, 15) is 5.11 Å². The van der Waals surface area contributed by atoms with Gasteiger partial charge in [0.15, 0.2) is 11.5 Å². The molecule has 17 heavy (non-hydrogen) atoms. The minimum Gasteiger partial charge on any atom is -0.507 e. The first-order chi connectivity index (χ1) is 8.31. The number of hydrogen-bond acceptors (Lipinski definition) is 4. The molecule has 0 saturated carbocycles. The average molecular weight is 237 g/mol. The maximum absolute atomic E-state index is 9.80. The van der Waals surface area contributed by atoms with E-state index in [2.05, 4.69) is 12.2 Å². The summed E-state index contributed by atoms with van der Waals surface area (Å²) in [6.07, 6.45) is 3.62. The van der Waals surface area contributed by atoms with Crippen LogP contribution in [0.5, 0.6) is 17.2 Å². The highest BCUT2D eigenvalue weighted by Crippen LogP contribution is 2.37. The number of rotatable bonds is 6. The standard InChI is InChI=1S/C13H19NO3/c1-2-3-4-5-14-8-10-6-12-13(7-11(10)15)17-9-16-12/h6-7,14-15H,2-5,8-9H2,1H3. The number of benzene rings is 1. The third-order valence-corrected chi connectivity index (χ3v) is 2.85. The normalized spacial score (nSPS) is 13.0. The molecule has 0 atom stereocenters. The smallest absolute Gasteiger partial charge is 0.231 e. The maximum Gasteiger partial charge on any atom is 0.231 e. The minimum atomic E-state index is 0.238. The van der Waals surface area contributed by atoms with Crippen LogP contribution in [0.1, 0.15) is 31.7 Å². The molecule has 0 aliphatic carbocycles. The van der Waals surface area contributed by atoms with E-state index < -0.39 is 0 Å². The Bertz CT molecular complexity index is 379. The summed E-state index contributed by atoms with van der Waals surface area (Å²) < 4.78 is 10.5. The third kappa shape index (κ3) is 3.03. The Morgan fingerprint density at radius 1 is 1.24 bits per heavy atom. The maximum atomic E-state index is 9.80. The lowest BCUT2D eigenvalue weighted by Crippen LogP contribution is -2.14. The zero-order chi connectivity index (χ0) is 12.1. The van der Waals surface area contributed by atoms with Crippen molar-refractivity contribution in [2.45, 2.75) is 32.7 Å². The van der Waals surface area contributed by atoms with Crippen molar-refractivity contribution < 1.29 is 14.6 Å².